The molecule has 0 aromatic heterocycles. The summed E-state index contributed by atoms with van der Waals surface area (Å²) in [6.45, 7) is 4.46. The van der Waals surface area contributed by atoms with E-state index < -0.39 is 0 Å². The molecule has 3 aromatic rings. The van der Waals surface area contributed by atoms with Crippen LogP contribution in [-0.2, 0) is 0 Å². The van der Waals surface area contributed by atoms with Crippen molar-refractivity contribution in [3.05, 3.63) is 83.9 Å². The minimum Gasteiger partial charge on any atom is -0.492 e. The number of ether oxygens (including phenoxy) is 2. The van der Waals surface area contributed by atoms with Crippen molar-refractivity contribution in [1.29, 1.82) is 0 Å². The van der Waals surface area contributed by atoms with Crippen molar-refractivity contribution in [2.75, 3.05) is 11.9 Å². The lowest BCUT2D eigenvalue weighted by molar-refractivity contribution is 0.102. The summed E-state index contributed by atoms with van der Waals surface area (Å²) in [6.07, 6.45) is 0. The first kappa shape index (κ1) is 17.5. The zero-order valence-corrected chi connectivity index (χ0v) is 14.9. The Bertz CT molecular complexity index is 888. The zero-order valence-electron chi connectivity index (χ0n) is 14.9. The summed E-state index contributed by atoms with van der Waals surface area (Å²) in [5.41, 5.74) is 2.33. The predicted molar refractivity (Wildman–Crippen MR) is 103 cm³/mol. The number of nitrogens with one attached hydrogen (secondary N) is 1. The Morgan fingerprint density at radius 1 is 0.923 bits per heavy atom. The van der Waals surface area contributed by atoms with Gasteiger partial charge >= 0.3 is 0 Å². The van der Waals surface area contributed by atoms with Crippen LogP contribution in [0.15, 0.2) is 72.8 Å². The van der Waals surface area contributed by atoms with Crippen molar-refractivity contribution in [2.45, 2.75) is 13.8 Å². The van der Waals surface area contributed by atoms with E-state index in [1.54, 1.807) is 24.3 Å². The number of anilines is 1. The zero-order chi connectivity index (χ0) is 18.4. The van der Waals surface area contributed by atoms with Gasteiger partial charge in [0, 0.05) is 5.56 Å². The molecule has 0 spiro atoms. The third-order valence-corrected chi connectivity index (χ3v) is 3.78. The maximum Gasteiger partial charge on any atom is 0.255 e. The standard InChI is InChI=1S/C22H21NO3/c1-3-25-21-10-5-4-9-20(21)23-22(24)17-11-13-18(14-12-17)26-19-8-6-7-16(2)15-19/h4-15H,3H2,1-2H3,(H,23,24). The highest BCUT2D eigenvalue weighted by Crippen LogP contribution is 2.25. The van der Waals surface area contributed by atoms with Gasteiger partial charge in [-0.05, 0) is 67.9 Å². The molecule has 0 aliphatic carbocycles. The van der Waals surface area contributed by atoms with Crippen molar-refractivity contribution >= 4 is 11.6 Å². The molecule has 4 nitrogen and oxygen atoms in total. The highest BCUT2D eigenvalue weighted by molar-refractivity contribution is 6.05. The van der Waals surface area contributed by atoms with Gasteiger partial charge in [0.1, 0.15) is 17.2 Å². The molecule has 0 radical (unpaired) electrons. The number of carbonyl (C=O) groups excluding carboxylic acids is 1. The van der Waals surface area contributed by atoms with Crippen LogP contribution in [0.25, 0.3) is 0 Å². The Morgan fingerprint density at radius 2 is 1.69 bits per heavy atom. The molecule has 26 heavy (non-hydrogen) atoms. The minimum atomic E-state index is -0.195. The summed E-state index contributed by atoms with van der Waals surface area (Å²) in [6, 6.07) is 22.3. The second kappa shape index (κ2) is 8.21. The number of rotatable bonds is 6. The number of para-hydroxylation sites is 2. The smallest absolute Gasteiger partial charge is 0.255 e. The fraction of sp³-hybridized carbons (Fsp3) is 0.136. The first-order valence-corrected chi connectivity index (χ1v) is 8.53. The first-order valence-electron chi connectivity index (χ1n) is 8.53. The van der Waals surface area contributed by atoms with E-state index in [2.05, 4.69) is 5.32 Å². The van der Waals surface area contributed by atoms with E-state index in [1.165, 1.54) is 0 Å². The third kappa shape index (κ3) is 4.42. The summed E-state index contributed by atoms with van der Waals surface area (Å²) in [7, 11) is 0. The van der Waals surface area contributed by atoms with Crippen LogP contribution in [0.3, 0.4) is 0 Å². The van der Waals surface area contributed by atoms with Crippen LogP contribution < -0.4 is 14.8 Å². The van der Waals surface area contributed by atoms with Gasteiger partial charge in [0.2, 0.25) is 0 Å². The average Bonchev–Trinajstić information content (AvgIpc) is 2.64. The molecule has 0 heterocycles. The Labute approximate surface area is 153 Å². The Kier molecular flexibility index (Phi) is 5.54. The molecule has 0 saturated carbocycles. The van der Waals surface area contributed by atoms with E-state index in [-0.39, 0.29) is 5.91 Å². The lowest BCUT2D eigenvalue weighted by Gasteiger charge is -2.11. The third-order valence-electron chi connectivity index (χ3n) is 3.78. The van der Waals surface area contributed by atoms with Gasteiger partial charge in [-0.1, -0.05) is 24.3 Å². The predicted octanol–water partition coefficient (Wildman–Crippen LogP) is 5.44. The van der Waals surface area contributed by atoms with Gasteiger partial charge in [-0.2, -0.15) is 0 Å². The molecular weight excluding hydrogens is 326 g/mol. The number of aryl methyl sites for hydroxylation is 1. The van der Waals surface area contributed by atoms with Gasteiger partial charge in [0.15, 0.2) is 0 Å². The van der Waals surface area contributed by atoms with E-state index in [9.17, 15) is 4.79 Å². The molecule has 0 bridgehead atoms. The van der Waals surface area contributed by atoms with E-state index in [0.717, 1.165) is 11.3 Å². The van der Waals surface area contributed by atoms with Crippen molar-refractivity contribution < 1.29 is 14.3 Å². The van der Waals surface area contributed by atoms with Crippen molar-refractivity contribution in [3.63, 3.8) is 0 Å². The summed E-state index contributed by atoms with van der Waals surface area (Å²) >= 11 is 0. The number of hydrogen-bond donors (Lipinski definition) is 1. The quantitative estimate of drug-likeness (QED) is 0.646. The van der Waals surface area contributed by atoms with Crippen LogP contribution in [0.1, 0.15) is 22.8 Å². The van der Waals surface area contributed by atoms with E-state index >= 15 is 0 Å². The van der Waals surface area contributed by atoms with Gasteiger partial charge < -0.3 is 14.8 Å². The molecule has 0 aliphatic rings. The van der Waals surface area contributed by atoms with Crippen LogP contribution in [0, 0.1) is 6.92 Å². The second-order valence-corrected chi connectivity index (χ2v) is 5.83. The normalized spacial score (nSPS) is 10.2. The number of benzene rings is 3. The van der Waals surface area contributed by atoms with Crippen molar-refractivity contribution in [2.24, 2.45) is 0 Å². The fourth-order valence-electron chi connectivity index (χ4n) is 2.54. The fourth-order valence-corrected chi connectivity index (χ4v) is 2.54. The summed E-state index contributed by atoms with van der Waals surface area (Å²) in [5, 5.41) is 2.88. The molecule has 1 N–H and O–H groups in total. The van der Waals surface area contributed by atoms with Crippen molar-refractivity contribution in [1.82, 2.24) is 0 Å². The monoisotopic (exact) mass is 347 g/mol. The van der Waals surface area contributed by atoms with Crippen molar-refractivity contribution in [3.8, 4) is 17.2 Å². The van der Waals surface area contributed by atoms with Crippen LogP contribution in [-0.4, -0.2) is 12.5 Å². The van der Waals surface area contributed by atoms with Gasteiger partial charge in [-0.3, -0.25) is 4.79 Å². The minimum absolute atomic E-state index is 0.195. The van der Waals surface area contributed by atoms with Gasteiger partial charge in [0.05, 0.1) is 12.3 Å². The molecule has 4 heteroatoms. The molecule has 0 fully saturated rings. The summed E-state index contributed by atoms with van der Waals surface area (Å²) in [5.74, 6) is 1.91. The Morgan fingerprint density at radius 3 is 2.42 bits per heavy atom. The van der Waals surface area contributed by atoms with Crippen LogP contribution in [0.4, 0.5) is 5.69 Å². The van der Waals surface area contributed by atoms with E-state index in [1.807, 2.05) is 62.4 Å². The van der Waals surface area contributed by atoms with Crippen LogP contribution >= 0.6 is 0 Å². The summed E-state index contributed by atoms with van der Waals surface area (Å²) < 4.78 is 11.3. The Balaban J connectivity index is 1.69. The molecule has 3 rings (SSSR count). The van der Waals surface area contributed by atoms with Gasteiger partial charge in [-0.25, -0.2) is 0 Å². The highest BCUT2D eigenvalue weighted by atomic mass is 16.5. The lowest BCUT2D eigenvalue weighted by atomic mass is 10.2. The molecule has 0 saturated heterocycles. The van der Waals surface area contributed by atoms with E-state index in [0.29, 0.717) is 29.4 Å². The average molecular weight is 347 g/mol. The lowest BCUT2D eigenvalue weighted by Crippen LogP contribution is -2.12. The van der Waals surface area contributed by atoms with Crippen LogP contribution in [0.5, 0.6) is 17.2 Å². The van der Waals surface area contributed by atoms with Gasteiger partial charge in [-0.15, -0.1) is 0 Å². The number of amides is 1. The SMILES string of the molecule is CCOc1ccccc1NC(=O)c1ccc(Oc2cccc(C)c2)cc1. The molecular formula is C22H21NO3. The molecule has 0 atom stereocenters. The second-order valence-electron chi connectivity index (χ2n) is 5.83. The van der Waals surface area contributed by atoms with E-state index in [4.69, 9.17) is 9.47 Å². The molecule has 1 amide bonds. The molecule has 3 aromatic carbocycles. The highest BCUT2D eigenvalue weighted by Gasteiger charge is 2.10. The molecule has 132 valence electrons. The van der Waals surface area contributed by atoms with Gasteiger partial charge in [0.25, 0.3) is 5.91 Å². The first-order chi connectivity index (χ1) is 12.7. The largest absolute Gasteiger partial charge is 0.492 e. The van der Waals surface area contributed by atoms with Crippen LogP contribution in [0.2, 0.25) is 0 Å². The molecule has 0 unspecified atom stereocenters. The maximum absolute atomic E-state index is 12.5. The maximum atomic E-state index is 12.5. The number of carbonyl (C=O) groups is 1. The molecule has 0 aliphatic heterocycles. The Hall–Kier alpha value is -3.27. The topological polar surface area (TPSA) is 47.6 Å². The summed E-state index contributed by atoms with van der Waals surface area (Å²) in [4.78, 5) is 12.5. The number of hydrogen-bond acceptors (Lipinski definition) is 3.